The van der Waals surface area contributed by atoms with Gasteiger partial charge in [-0.15, -0.1) is 0 Å². The summed E-state index contributed by atoms with van der Waals surface area (Å²) in [7, 11) is 0. The van der Waals surface area contributed by atoms with Gasteiger partial charge in [0.2, 0.25) is 0 Å². The Morgan fingerprint density at radius 2 is 1.81 bits per heavy atom. The number of halogens is 2. The van der Waals surface area contributed by atoms with E-state index in [0.717, 1.165) is 0 Å². The lowest BCUT2D eigenvalue weighted by Gasteiger charge is -2.06. The molecule has 0 N–H and O–H groups in total. The third-order valence-corrected chi connectivity index (χ3v) is 3.28. The molecule has 0 spiro atoms. The van der Waals surface area contributed by atoms with Gasteiger partial charge in [-0.1, -0.05) is 35.3 Å². The molecule has 3 aromatic rings. The minimum Gasteiger partial charge on any atom is -0.420 e. The second-order valence-corrected chi connectivity index (χ2v) is 5.05. The van der Waals surface area contributed by atoms with Crippen LogP contribution in [0.2, 0.25) is 10.0 Å². The molecule has 0 unspecified atom stereocenters. The Kier molecular flexibility index (Phi) is 3.73. The first-order chi connectivity index (χ1) is 10.1. The van der Waals surface area contributed by atoms with E-state index in [4.69, 9.17) is 27.9 Å². The number of fused-ring (bicyclic) bond motifs is 1. The van der Waals surface area contributed by atoms with Crippen LogP contribution < -0.4 is 4.74 Å². The van der Waals surface area contributed by atoms with E-state index in [9.17, 15) is 4.79 Å². The molecule has 3 rings (SSSR count). The average Bonchev–Trinajstić information content (AvgIpc) is 2.49. The van der Waals surface area contributed by atoms with Crippen molar-refractivity contribution < 1.29 is 9.53 Å². The van der Waals surface area contributed by atoms with Crippen LogP contribution in [0.15, 0.2) is 48.7 Å². The van der Waals surface area contributed by atoms with Crippen LogP contribution >= 0.6 is 23.2 Å². The molecule has 1 heterocycles. The Balaban J connectivity index is 1.89. The molecule has 21 heavy (non-hydrogen) atoms. The van der Waals surface area contributed by atoms with Gasteiger partial charge in [-0.2, -0.15) is 0 Å². The highest BCUT2D eigenvalue weighted by atomic mass is 35.5. The highest BCUT2D eigenvalue weighted by molar-refractivity contribution is 6.35. The van der Waals surface area contributed by atoms with Crippen molar-refractivity contribution in [3.63, 3.8) is 0 Å². The van der Waals surface area contributed by atoms with Gasteiger partial charge in [-0.25, -0.2) is 9.78 Å². The Labute approximate surface area is 130 Å². The number of ether oxygens (including phenoxy) is 1. The highest BCUT2D eigenvalue weighted by Gasteiger charge is 2.14. The van der Waals surface area contributed by atoms with Crippen molar-refractivity contribution in [1.82, 2.24) is 9.97 Å². The normalized spacial score (nSPS) is 10.6. The number of rotatable bonds is 2. The first-order valence-electron chi connectivity index (χ1n) is 6.02. The third-order valence-electron chi connectivity index (χ3n) is 2.75. The zero-order valence-electron chi connectivity index (χ0n) is 10.6. The van der Waals surface area contributed by atoms with Gasteiger partial charge in [-0.05, 0) is 30.3 Å². The second kappa shape index (κ2) is 5.68. The molecule has 0 bridgehead atoms. The maximum atomic E-state index is 12.1. The maximum absolute atomic E-state index is 12.1. The fraction of sp³-hybridized carbons (Fsp3) is 0. The van der Waals surface area contributed by atoms with E-state index in [1.165, 1.54) is 18.3 Å². The Hall–Kier alpha value is -2.17. The molecule has 0 saturated heterocycles. The molecular weight excluding hydrogens is 311 g/mol. The van der Waals surface area contributed by atoms with Crippen LogP contribution in [-0.4, -0.2) is 15.9 Å². The van der Waals surface area contributed by atoms with Crippen molar-refractivity contribution in [1.29, 1.82) is 0 Å². The number of hydrogen-bond acceptors (Lipinski definition) is 4. The van der Waals surface area contributed by atoms with E-state index >= 15 is 0 Å². The number of nitrogens with zero attached hydrogens (tertiary/aromatic N) is 2. The molecule has 0 radical (unpaired) electrons. The molecule has 0 aliphatic carbocycles. The number of hydrogen-bond donors (Lipinski definition) is 0. The minimum absolute atomic E-state index is 0.111. The Morgan fingerprint density at radius 1 is 1.05 bits per heavy atom. The van der Waals surface area contributed by atoms with Gasteiger partial charge in [-0.3, -0.25) is 4.98 Å². The molecule has 4 nitrogen and oxygen atoms in total. The van der Waals surface area contributed by atoms with Crippen LogP contribution in [0.1, 0.15) is 10.5 Å². The molecule has 0 atom stereocenters. The predicted octanol–water partition coefficient (Wildman–Crippen LogP) is 4.16. The summed E-state index contributed by atoms with van der Waals surface area (Å²) in [5.41, 5.74) is 1.44. The van der Waals surface area contributed by atoms with Crippen molar-refractivity contribution in [2.75, 3.05) is 0 Å². The third kappa shape index (κ3) is 2.96. The summed E-state index contributed by atoms with van der Waals surface area (Å²) in [6.45, 7) is 0. The Morgan fingerprint density at radius 3 is 2.57 bits per heavy atom. The van der Waals surface area contributed by atoms with Gasteiger partial charge in [0.25, 0.3) is 0 Å². The summed E-state index contributed by atoms with van der Waals surface area (Å²) >= 11 is 11.7. The van der Waals surface area contributed by atoms with E-state index in [1.807, 2.05) is 18.2 Å². The van der Waals surface area contributed by atoms with Crippen LogP contribution in [0.4, 0.5) is 0 Å². The first kappa shape index (κ1) is 13.8. The molecule has 0 fully saturated rings. The number of esters is 1. The highest BCUT2D eigenvalue weighted by Crippen LogP contribution is 2.28. The topological polar surface area (TPSA) is 52.1 Å². The predicted molar refractivity (Wildman–Crippen MR) is 81.0 cm³/mol. The standard InChI is InChI=1S/C15H8Cl2N2O2/c16-9-5-6-14(10(17)7-9)21-15(20)13-8-18-11-3-1-2-4-12(11)19-13/h1-8H. The van der Waals surface area contributed by atoms with Crippen LogP contribution in [0, 0.1) is 0 Å². The largest absolute Gasteiger partial charge is 0.420 e. The first-order valence-corrected chi connectivity index (χ1v) is 6.78. The lowest BCUT2D eigenvalue weighted by atomic mass is 10.3. The van der Waals surface area contributed by atoms with Crippen molar-refractivity contribution in [3.05, 3.63) is 64.4 Å². The monoisotopic (exact) mass is 318 g/mol. The van der Waals surface area contributed by atoms with Crippen LogP contribution in [0.25, 0.3) is 11.0 Å². The molecular formula is C15H8Cl2N2O2. The van der Waals surface area contributed by atoms with E-state index in [2.05, 4.69) is 9.97 Å². The van der Waals surface area contributed by atoms with E-state index < -0.39 is 5.97 Å². The quantitative estimate of drug-likeness (QED) is 0.526. The molecule has 1 aromatic heterocycles. The van der Waals surface area contributed by atoms with Gasteiger partial charge < -0.3 is 4.74 Å². The molecule has 0 saturated carbocycles. The second-order valence-electron chi connectivity index (χ2n) is 4.21. The van der Waals surface area contributed by atoms with E-state index in [0.29, 0.717) is 16.1 Å². The molecule has 0 aliphatic heterocycles. The average molecular weight is 319 g/mol. The SMILES string of the molecule is O=C(Oc1ccc(Cl)cc1Cl)c1cnc2ccccc2n1. The van der Waals surface area contributed by atoms with Crippen molar-refractivity contribution in [2.24, 2.45) is 0 Å². The lowest BCUT2D eigenvalue weighted by Crippen LogP contribution is -2.11. The summed E-state index contributed by atoms with van der Waals surface area (Å²) in [5, 5.41) is 0.717. The van der Waals surface area contributed by atoms with Gasteiger partial charge in [0.15, 0.2) is 5.69 Å². The fourth-order valence-electron chi connectivity index (χ4n) is 1.77. The van der Waals surface area contributed by atoms with Gasteiger partial charge in [0, 0.05) is 5.02 Å². The van der Waals surface area contributed by atoms with Crippen LogP contribution in [0.5, 0.6) is 5.75 Å². The molecule has 6 heteroatoms. The zero-order valence-corrected chi connectivity index (χ0v) is 12.1. The summed E-state index contributed by atoms with van der Waals surface area (Å²) < 4.78 is 5.20. The van der Waals surface area contributed by atoms with Crippen LogP contribution in [-0.2, 0) is 0 Å². The Bertz CT molecular complexity index is 837. The number of carbonyl (C=O) groups is 1. The van der Waals surface area contributed by atoms with Crippen molar-refractivity contribution in [2.45, 2.75) is 0 Å². The number of aromatic nitrogens is 2. The van der Waals surface area contributed by atoms with E-state index in [1.54, 1.807) is 12.1 Å². The molecule has 0 amide bonds. The van der Waals surface area contributed by atoms with Gasteiger partial charge in [0.05, 0.1) is 22.3 Å². The minimum atomic E-state index is -0.627. The zero-order chi connectivity index (χ0) is 14.8. The van der Waals surface area contributed by atoms with Crippen LogP contribution in [0.3, 0.4) is 0 Å². The van der Waals surface area contributed by atoms with E-state index in [-0.39, 0.29) is 16.5 Å². The van der Waals surface area contributed by atoms with Crippen molar-refractivity contribution in [3.8, 4) is 5.75 Å². The molecule has 104 valence electrons. The number of para-hydroxylation sites is 2. The van der Waals surface area contributed by atoms with Crippen molar-refractivity contribution >= 4 is 40.2 Å². The summed E-state index contributed by atoms with van der Waals surface area (Å²) in [6.07, 6.45) is 1.37. The van der Waals surface area contributed by atoms with Gasteiger partial charge >= 0.3 is 5.97 Å². The maximum Gasteiger partial charge on any atom is 0.364 e. The summed E-state index contributed by atoms with van der Waals surface area (Å²) in [6, 6.07) is 11.9. The fourth-order valence-corrected chi connectivity index (χ4v) is 2.21. The molecule has 0 aliphatic rings. The molecule has 2 aromatic carbocycles. The smallest absolute Gasteiger partial charge is 0.364 e. The van der Waals surface area contributed by atoms with Gasteiger partial charge in [0.1, 0.15) is 5.75 Å². The summed E-state index contributed by atoms with van der Waals surface area (Å²) in [4.78, 5) is 20.5. The number of carbonyl (C=O) groups excluding carboxylic acids is 1. The number of benzene rings is 2. The summed E-state index contributed by atoms with van der Waals surface area (Å²) in [5.74, 6) is -0.404. The lowest BCUT2D eigenvalue weighted by molar-refractivity contribution is 0.0728.